The van der Waals surface area contributed by atoms with E-state index >= 15 is 0 Å². The molecule has 16 heavy (non-hydrogen) atoms. The molecule has 2 heterocycles. The summed E-state index contributed by atoms with van der Waals surface area (Å²) in [7, 11) is 0. The molecule has 1 N–H and O–H groups in total. The number of nitrogens with zero attached hydrogens (tertiary/aromatic N) is 1. The van der Waals surface area contributed by atoms with Crippen LogP contribution in [0.25, 0.3) is 0 Å². The Morgan fingerprint density at radius 3 is 2.94 bits per heavy atom. The number of thiophene rings is 1. The molecule has 2 aromatic heterocycles. The lowest BCUT2D eigenvalue weighted by atomic mass is 10.2. The summed E-state index contributed by atoms with van der Waals surface area (Å²) < 4.78 is 2.74. The van der Waals surface area contributed by atoms with Gasteiger partial charge in [-0.15, -0.1) is 11.3 Å². The van der Waals surface area contributed by atoms with E-state index in [1.165, 1.54) is 0 Å². The first kappa shape index (κ1) is 11.7. The van der Waals surface area contributed by atoms with Crippen molar-refractivity contribution in [1.29, 1.82) is 0 Å². The Morgan fingerprint density at radius 2 is 2.38 bits per heavy atom. The highest BCUT2D eigenvalue weighted by atomic mass is 127. The summed E-state index contributed by atoms with van der Waals surface area (Å²) in [5, 5.41) is 11.1. The summed E-state index contributed by atoms with van der Waals surface area (Å²) in [5.41, 5.74) is 0.338. The van der Waals surface area contributed by atoms with Crippen molar-refractivity contribution in [2.24, 2.45) is 0 Å². The van der Waals surface area contributed by atoms with Crippen molar-refractivity contribution in [3.05, 3.63) is 43.9 Å². The highest BCUT2D eigenvalue weighted by molar-refractivity contribution is 14.1. The van der Waals surface area contributed by atoms with E-state index in [0.717, 1.165) is 8.45 Å². The van der Waals surface area contributed by atoms with E-state index in [2.05, 4.69) is 22.6 Å². The average Bonchev–Trinajstić information content (AvgIpc) is 2.84. The molecule has 0 spiro atoms. The zero-order valence-corrected chi connectivity index (χ0v) is 11.5. The lowest BCUT2D eigenvalue weighted by Gasteiger charge is -2.13. The molecular formula is C11H10INO2S. The summed E-state index contributed by atoms with van der Waals surface area (Å²) in [6, 6.07) is 5.75. The van der Waals surface area contributed by atoms with Gasteiger partial charge in [0.15, 0.2) is 0 Å². The molecule has 0 saturated carbocycles. The van der Waals surface area contributed by atoms with Crippen molar-refractivity contribution in [2.45, 2.75) is 13.0 Å². The third-order valence-electron chi connectivity index (χ3n) is 2.41. The van der Waals surface area contributed by atoms with Crippen molar-refractivity contribution in [1.82, 2.24) is 4.57 Å². The number of aromatic nitrogens is 1. The van der Waals surface area contributed by atoms with Crippen LogP contribution in [0.1, 0.15) is 28.3 Å². The van der Waals surface area contributed by atoms with Crippen LogP contribution in [0.4, 0.5) is 0 Å². The molecule has 3 nitrogen and oxygen atoms in total. The van der Waals surface area contributed by atoms with Gasteiger partial charge in [0, 0.05) is 14.6 Å². The van der Waals surface area contributed by atoms with Crippen LogP contribution >= 0.6 is 33.9 Å². The molecule has 0 aromatic carbocycles. The zero-order chi connectivity index (χ0) is 11.7. The molecule has 1 unspecified atom stereocenters. The lowest BCUT2D eigenvalue weighted by Crippen LogP contribution is -2.11. The number of rotatable bonds is 3. The Kier molecular flexibility index (Phi) is 3.34. The first-order valence-corrected chi connectivity index (χ1v) is 6.69. The van der Waals surface area contributed by atoms with Gasteiger partial charge in [-0.1, -0.05) is 6.07 Å². The monoisotopic (exact) mass is 347 g/mol. The van der Waals surface area contributed by atoms with Gasteiger partial charge in [0.2, 0.25) is 0 Å². The minimum absolute atomic E-state index is 0.0645. The minimum Gasteiger partial charge on any atom is -0.477 e. The molecule has 2 aromatic rings. The number of halogens is 1. The molecule has 0 fully saturated rings. The van der Waals surface area contributed by atoms with E-state index in [1.807, 2.05) is 30.6 Å². The van der Waals surface area contributed by atoms with Crippen LogP contribution in [0, 0.1) is 3.57 Å². The molecule has 0 amide bonds. The Labute approximate surface area is 111 Å². The standard InChI is InChI=1S/C11H10INO2S/c1-7(10-3-2-4-16-10)13-6-8(12)5-9(13)11(14)15/h2-7H,1H3,(H,14,15). The molecule has 84 valence electrons. The average molecular weight is 347 g/mol. The first-order valence-electron chi connectivity index (χ1n) is 4.73. The maximum absolute atomic E-state index is 11.1. The lowest BCUT2D eigenvalue weighted by molar-refractivity contribution is 0.0684. The Morgan fingerprint density at radius 1 is 1.62 bits per heavy atom. The molecule has 0 saturated heterocycles. The van der Waals surface area contributed by atoms with Crippen LogP contribution in [0.15, 0.2) is 29.8 Å². The number of hydrogen-bond donors (Lipinski definition) is 1. The third-order valence-corrected chi connectivity index (χ3v) is 4.04. The van der Waals surface area contributed by atoms with Gasteiger partial charge in [0.25, 0.3) is 0 Å². The van der Waals surface area contributed by atoms with Crippen molar-refractivity contribution in [2.75, 3.05) is 0 Å². The highest BCUT2D eigenvalue weighted by Crippen LogP contribution is 2.26. The van der Waals surface area contributed by atoms with Gasteiger partial charge in [-0.3, -0.25) is 0 Å². The van der Waals surface area contributed by atoms with Crippen LogP contribution < -0.4 is 0 Å². The second-order valence-corrected chi connectivity index (χ2v) is 5.67. The maximum atomic E-state index is 11.1. The number of hydrogen-bond acceptors (Lipinski definition) is 2. The van der Waals surface area contributed by atoms with E-state index in [-0.39, 0.29) is 6.04 Å². The number of carbonyl (C=O) groups is 1. The van der Waals surface area contributed by atoms with E-state index in [4.69, 9.17) is 5.11 Å². The Balaban J connectivity index is 2.43. The number of aromatic carboxylic acids is 1. The summed E-state index contributed by atoms with van der Waals surface area (Å²) in [5.74, 6) is -0.883. The van der Waals surface area contributed by atoms with Crippen LogP contribution in [-0.4, -0.2) is 15.6 Å². The maximum Gasteiger partial charge on any atom is 0.352 e. The third kappa shape index (κ3) is 2.15. The molecule has 5 heteroatoms. The van der Waals surface area contributed by atoms with Gasteiger partial charge in [0.1, 0.15) is 5.69 Å². The van der Waals surface area contributed by atoms with E-state index in [0.29, 0.717) is 5.69 Å². The topological polar surface area (TPSA) is 42.2 Å². The predicted molar refractivity (Wildman–Crippen MR) is 72.2 cm³/mol. The van der Waals surface area contributed by atoms with Gasteiger partial charge in [-0.25, -0.2) is 4.79 Å². The zero-order valence-electron chi connectivity index (χ0n) is 8.55. The summed E-state index contributed by atoms with van der Waals surface area (Å²) >= 11 is 3.77. The second-order valence-electron chi connectivity index (χ2n) is 3.45. The fourth-order valence-corrected chi connectivity index (χ4v) is 2.98. The van der Waals surface area contributed by atoms with Gasteiger partial charge in [0.05, 0.1) is 6.04 Å². The quantitative estimate of drug-likeness (QED) is 0.864. The van der Waals surface area contributed by atoms with Crippen molar-refractivity contribution in [3.63, 3.8) is 0 Å². The van der Waals surface area contributed by atoms with Crippen LogP contribution in [0.5, 0.6) is 0 Å². The minimum atomic E-state index is -0.883. The van der Waals surface area contributed by atoms with E-state index in [9.17, 15) is 4.79 Å². The second kappa shape index (κ2) is 4.58. The molecule has 1 atom stereocenters. The normalized spacial score (nSPS) is 12.6. The van der Waals surface area contributed by atoms with Crippen molar-refractivity contribution in [3.8, 4) is 0 Å². The number of carboxylic acids is 1. The molecular weight excluding hydrogens is 337 g/mol. The molecule has 2 rings (SSSR count). The summed E-state index contributed by atoms with van der Waals surface area (Å²) in [6.45, 7) is 2.01. The van der Waals surface area contributed by atoms with Gasteiger partial charge < -0.3 is 9.67 Å². The first-order chi connectivity index (χ1) is 7.59. The summed E-state index contributed by atoms with van der Waals surface area (Å²) in [4.78, 5) is 12.2. The largest absolute Gasteiger partial charge is 0.477 e. The van der Waals surface area contributed by atoms with E-state index < -0.39 is 5.97 Å². The molecule has 0 aliphatic rings. The van der Waals surface area contributed by atoms with Crippen molar-refractivity contribution >= 4 is 39.9 Å². The van der Waals surface area contributed by atoms with Gasteiger partial charge in [-0.2, -0.15) is 0 Å². The van der Waals surface area contributed by atoms with Crippen LogP contribution in [0.2, 0.25) is 0 Å². The van der Waals surface area contributed by atoms with Crippen LogP contribution in [0.3, 0.4) is 0 Å². The molecule has 0 aliphatic carbocycles. The van der Waals surface area contributed by atoms with Crippen LogP contribution in [-0.2, 0) is 0 Å². The number of carboxylic acid groups (broad SMARTS) is 1. The smallest absolute Gasteiger partial charge is 0.352 e. The van der Waals surface area contributed by atoms with Crippen molar-refractivity contribution < 1.29 is 9.90 Å². The molecule has 0 bridgehead atoms. The van der Waals surface area contributed by atoms with Gasteiger partial charge in [-0.05, 0) is 47.0 Å². The highest BCUT2D eigenvalue weighted by Gasteiger charge is 2.17. The predicted octanol–water partition coefficient (Wildman–Crippen LogP) is 3.46. The SMILES string of the molecule is CC(c1cccs1)n1cc(I)cc1C(=O)O. The Hall–Kier alpha value is -0.820. The van der Waals surface area contributed by atoms with E-state index in [1.54, 1.807) is 22.0 Å². The fourth-order valence-electron chi connectivity index (χ4n) is 1.60. The molecule has 0 aliphatic heterocycles. The Bertz CT molecular complexity index is 504. The van der Waals surface area contributed by atoms with Gasteiger partial charge >= 0.3 is 5.97 Å². The fraction of sp³-hybridized carbons (Fsp3) is 0.182. The summed E-state index contributed by atoms with van der Waals surface area (Å²) in [6.07, 6.45) is 1.87. The molecule has 0 radical (unpaired) electrons.